The van der Waals surface area contributed by atoms with E-state index in [1.165, 1.54) is 34.1 Å². The first-order valence-electron chi connectivity index (χ1n) is 12.8. The van der Waals surface area contributed by atoms with E-state index in [1.54, 1.807) is 11.5 Å². The molecule has 0 bridgehead atoms. The maximum absolute atomic E-state index is 12.9. The first-order chi connectivity index (χ1) is 17.2. The van der Waals surface area contributed by atoms with Crippen molar-refractivity contribution in [1.29, 1.82) is 0 Å². The van der Waals surface area contributed by atoms with Gasteiger partial charge in [-0.25, -0.2) is 0 Å². The van der Waals surface area contributed by atoms with Crippen molar-refractivity contribution in [3.63, 3.8) is 0 Å². The van der Waals surface area contributed by atoms with E-state index in [1.807, 2.05) is 11.0 Å². The number of hydrogen-bond acceptors (Lipinski definition) is 6. The molecule has 2 aromatic carbocycles. The highest BCUT2D eigenvalue weighted by atomic mass is 35.5. The van der Waals surface area contributed by atoms with E-state index < -0.39 is 0 Å². The Labute approximate surface area is 216 Å². The van der Waals surface area contributed by atoms with Gasteiger partial charge in [0.15, 0.2) is 0 Å². The molecule has 1 amide bonds. The van der Waals surface area contributed by atoms with Crippen LogP contribution in [0.25, 0.3) is 10.1 Å². The molecule has 0 atom stereocenters. The van der Waals surface area contributed by atoms with Crippen molar-refractivity contribution in [1.82, 2.24) is 14.2 Å². The van der Waals surface area contributed by atoms with E-state index in [0.29, 0.717) is 6.54 Å². The van der Waals surface area contributed by atoms with E-state index in [4.69, 9.17) is 16.0 Å². The zero-order valence-electron chi connectivity index (χ0n) is 20.1. The summed E-state index contributed by atoms with van der Waals surface area (Å²) < 4.78 is 5.99. The molecular weight excluding hydrogens is 478 g/mol. The Morgan fingerprint density at radius 3 is 2.60 bits per heavy atom. The second-order valence-electron chi connectivity index (χ2n) is 9.93. The minimum Gasteiger partial charge on any atom is -0.353 e. The van der Waals surface area contributed by atoms with Crippen LogP contribution in [0.3, 0.4) is 0 Å². The van der Waals surface area contributed by atoms with Gasteiger partial charge < -0.3 is 9.80 Å². The molecule has 2 saturated heterocycles. The molecule has 3 aliphatic rings. The summed E-state index contributed by atoms with van der Waals surface area (Å²) in [5.74, 6) is 1.34. The number of carbonyl (C=O) groups is 1. The summed E-state index contributed by atoms with van der Waals surface area (Å²) in [5.41, 5.74) is 3.48. The van der Waals surface area contributed by atoms with Crippen LogP contribution >= 0.6 is 23.1 Å². The number of halogens is 1. The monoisotopic (exact) mass is 509 g/mol. The fourth-order valence-corrected chi connectivity index (χ4v) is 6.74. The highest BCUT2D eigenvalue weighted by Gasteiger charge is 2.28. The molecule has 1 aromatic heterocycles. The van der Waals surface area contributed by atoms with Crippen LogP contribution in [0.15, 0.2) is 36.4 Å². The summed E-state index contributed by atoms with van der Waals surface area (Å²) in [5, 5.41) is 2.06. The van der Waals surface area contributed by atoms with Gasteiger partial charge in [-0.15, -0.1) is 0 Å². The van der Waals surface area contributed by atoms with Gasteiger partial charge in [0.2, 0.25) is 5.91 Å². The van der Waals surface area contributed by atoms with Gasteiger partial charge in [-0.3, -0.25) is 14.6 Å². The fraction of sp³-hybridized carbons (Fsp3) is 0.481. The highest BCUT2D eigenvalue weighted by Crippen LogP contribution is 2.34. The number of benzene rings is 2. The molecule has 0 radical (unpaired) electrons. The van der Waals surface area contributed by atoms with Gasteiger partial charge in [-0.1, -0.05) is 29.8 Å². The standard InChI is InChI=1S/C27H32ClN5OS/c28-23-18-24-21(8-12-33(24)26(34)19-31-9-3-4-10-31)17-20(23)7-11-30-13-15-32(16-14-30)27-22-5-1-2-6-25(22)35-29-27/h1-2,5-6,17-18H,3-4,7-16,19H2. The molecule has 6 rings (SSSR count). The lowest BCUT2D eigenvalue weighted by molar-refractivity contribution is -0.119. The number of fused-ring (bicyclic) bond motifs is 2. The quantitative estimate of drug-likeness (QED) is 0.495. The van der Waals surface area contributed by atoms with Gasteiger partial charge in [0.25, 0.3) is 0 Å². The summed E-state index contributed by atoms with van der Waals surface area (Å²) in [6.45, 7) is 8.46. The number of piperazine rings is 1. The molecule has 35 heavy (non-hydrogen) atoms. The topological polar surface area (TPSA) is 42.9 Å². The third-order valence-electron chi connectivity index (χ3n) is 7.73. The Bertz CT molecular complexity index is 1220. The molecular formula is C27H32ClN5OS. The Hall–Kier alpha value is -2.19. The van der Waals surface area contributed by atoms with E-state index in [2.05, 4.69) is 45.0 Å². The molecule has 3 aliphatic heterocycles. The predicted molar refractivity (Wildman–Crippen MR) is 145 cm³/mol. The Balaban J connectivity index is 1.05. The van der Waals surface area contributed by atoms with Crippen molar-refractivity contribution in [2.45, 2.75) is 25.7 Å². The molecule has 0 N–H and O–H groups in total. The Morgan fingerprint density at radius 1 is 0.971 bits per heavy atom. The summed E-state index contributed by atoms with van der Waals surface area (Å²) >= 11 is 8.32. The predicted octanol–water partition coefficient (Wildman–Crippen LogP) is 4.30. The minimum absolute atomic E-state index is 0.209. The van der Waals surface area contributed by atoms with Crippen LogP contribution in [0.2, 0.25) is 5.02 Å². The van der Waals surface area contributed by atoms with E-state index in [0.717, 1.165) is 81.7 Å². The summed E-state index contributed by atoms with van der Waals surface area (Å²) in [7, 11) is 0. The van der Waals surface area contributed by atoms with Crippen molar-refractivity contribution in [3.05, 3.63) is 52.5 Å². The van der Waals surface area contributed by atoms with Crippen molar-refractivity contribution in [2.24, 2.45) is 0 Å². The average Bonchev–Trinajstić information content (AvgIpc) is 3.63. The van der Waals surface area contributed by atoms with Crippen molar-refractivity contribution < 1.29 is 4.79 Å². The fourth-order valence-electron chi connectivity index (χ4n) is 5.69. The average molecular weight is 510 g/mol. The van der Waals surface area contributed by atoms with Crippen LogP contribution in [0.5, 0.6) is 0 Å². The van der Waals surface area contributed by atoms with Crippen LogP contribution in [0, 0.1) is 0 Å². The maximum atomic E-state index is 12.9. The lowest BCUT2D eigenvalue weighted by Gasteiger charge is -2.35. The molecule has 3 aromatic rings. The molecule has 6 nitrogen and oxygen atoms in total. The molecule has 0 aliphatic carbocycles. The van der Waals surface area contributed by atoms with Gasteiger partial charge >= 0.3 is 0 Å². The van der Waals surface area contributed by atoms with Gasteiger partial charge in [0, 0.05) is 55.4 Å². The molecule has 2 fully saturated rings. The van der Waals surface area contributed by atoms with Crippen LogP contribution in [0.1, 0.15) is 24.0 Å². The SMILES string of the molecule is O=C(CN1CCCC1)N1CCc2cc(CCN3CCN(c4nsc5ccccc45)CC3)c(Cl)cc21. The van der Waals surface area contributed by atoms with E-state index in [9.17, 15) is 4.79 Å². The lowest BCUT2D eigenvalue weighted by atomic mass is 10.1. The summed E-state index contributed by atoms with van der Waals surface area (Å²) in [6.07, 6.45) is 4.27. The van der Waals surface area contributed by atoms with Gasteiger partial charge in [0.05, 0.1) is 11.2 Å². The Kier molecular flexibility index (Phi) is 6.67. The normalized spacial score (nSPS) is 19.1. The second kappa shape index (κ2) is 10.1. The van der Waals surface area contributed by atoms with Crippen LogP contribution in [-0.4, -0.2) is 79.0 Å². The zero-order chi connectivity index (χ0) is 23.8. The zero-order valence-corrected chi connectivity index (χ0v) is 21.7. The minimum atomic E-state index is 0.209. The number of aromatic nitrogens is 1. The molecule has 0 unspecified atom stereocenters. The van der Waals surface area contributed by atoms with Crippen LogP contribution in [0.4, 0.5) is 11.5 Å². The van der Waals surface area contributed by atoms with E-state index >= 15 is 0 Å². The molecule has 8 heteroatoms. The number of likely N-dealkylation sites (tertiary alicyclic amines) is 1. The number of amides is 1. The van der Waals surface area contributed by atoms with Crippen LogP contribution < -0.4 is 9.80 Å². The van der Waals surface area contributed by atoms with E-state index in [-0.39, 0.29) is 5.91 Å². The number of nitrogens with zero attached hydrogens (tertiary/aromatic N) is 5. The third-order valence-corrected chi connectivity index (χ3v) is 8.90. The number of anilines is 2. The molecule has 4 heterocycles. The first kappa shape index (κ1) is 23.2. The van der Waals surface area contributed by atoms with Gasteiger partial charge in [-0.05, 0) is 79.6 Å². The van der Waals surface area contributed by atoms with Crippen molar-refractivity contribution in [2.75, 3.05) is 68.7 Å². The second-order valence-corrected chi connectivity index (χ2v) is 11.1. The largest absolute Gasteiger partial charge is 0.353 e. The van der Waals surface area contributed by atoms with Gasteiger partial charge in [0.1, 0.15) is 5.82 Å². The van der Waals surface area contributed by atoms with Crippen LogP contribution in [-0.2, 0) is 17.6 Å². The highest BCUT2D eigenvalue weighted by molar-refractivity contribution is 7.13. The maximum Gasteiger partial charge on any atom is 0.241 e. The number of rotatable bonds is 6. The summed E-state index contributed by atoms with van der Waals surface area (Å²) in [6, 6.07) is 12.8. The molecule has 184 valence electrons. The smallest absolute Gasteiger partial charge is 0.241 e. The summed E-state index contributed by atoms with van der Waals surface area (Å²) in [4.78, 5) is 22.1. The number of hydrogen-bond donors (Lipinski definition) is 0. The van der Waals surface area contributed by atoms with Crippen molar-refractivity contribution >= 4 is 50.6 Å². The first-order valence-corrected chi connectivity index (χ1v) is 14.0. The lowest BCUT2D eigenvalue weighted by Crippen LogP contribution is -2.47. The molecule has 0 saturated carbocycles. The van der Waals surface area contributed by atoms with Gasteiger partial charge in [-0.2, -0.15) is 4.37 Å². The molecule has 0 spiro atoms. The third kappa shape index (κ3) is 4.79. The van der Waals surface area contributed by atoms with Crippen molar-refractivity contribution in [3.8, 4) is 0 Å². The Morgan fingerprint density at radius 2 is 1.77 bits per heavy atom. The number of carbonyl (C=O) groups excluding carboxylic acids is 1.